The highest BCUT2D eigenvalue weighted by Crippen LogP contribution is 2.41. The molecule has 2 fully saturated rings. The Morgan fingerprint density at radius 3 is 2.17 bits per heavy atom. The average molecular weight is 486 g/mol. The molecular weight excluding hydrogens is 458 g/mol. The Kier molecular flexibility index (Phi) is 6.73. The number of sulfone groups is 1. The van der Waals surface area contributed by atoms with E-state index in [4.69, 9.17) is 4.74 Å². The fourth-order valence-electron chi connectivity index (χ4n) is 4.61. The predicted molar refractivity (Wildman–Crippen MR) is 113 cm³/mol. The number of amides is 1. The number of carbonyl (C=O) groups excluding carboxylic acids is 2. The number of benzene rings is 1. The van der Waals surface area contributed by atoms with Crippen LogP contribution in [0.2, 0.25) is 0 Å². The highest BCUT2D eigenvalue weighted by Gasteiger charge is 2.54. The number of esters is 1. The van der Waals surface area contributed by atoms with E-state index in [0.717, 1.165) is 23.7 Å². The van der Waals surface area contributed by atoms with Gasteiger partial charge in [-0.15, -0.1) is 0 Å². The predicted octanol–water partition coefficient (Wildman–Crippen LogP) is 3.87. The Morgan fingerprint density at radius 2 is 1.62 bits per heavy atom. The van der Waals surface area contributed by atoms with Gasteiger partial charge < -0.3 is 9.64 Å². The molecule has 1 saturated heterocycles. The summed E-state index contributed by atoms with van der Waals surface area (Å²) < 4.78 is 31.2. The van der Waals surface area contributed by atoms with Crippen molar-refractivity contribution in [1.29, 1.82) is 0 Å². The van der Waals surface area contributed by atoms with E-state index in [-0.39, 0.29) is 35.7 Å². The number of halogens is 1. The van der Waals surface area contributed by atoms with E-state index in [9.17, 15) is 18.0 Å². The number of hydrogen-bond donors (Lipinski definition) is 0. The SMILES string of the molecule is CC1CCCC(C)N1C(=O)COC(=O)C1(S(=O)(=O)c2ccc(Br)cc2)CCCC1. The van der Waals surface area contributed by atoms with Crippen LogP contribution in [0.3, 0.4) is 0 Å². The highest BCUT2D eigenvalue weighted by atomic mass is 79.9. The molecular formula is C21H28BrNO5S. The molecule has 3 rings (SSSR count). The maximum atomic E-state index is 13.3. The molecule has 0 aromatic heterocycles. The lowest BCUT2D eigenvalue weighted by Crippen LogP contribution is -2.50. The molecule has 29 heavy (non-hydrogen) atoms. The Bertz CT molecular complexity index is 852. The van der Waals surface area contributed by atoms with Gasteiger partial charge in [-0.1, -0.05) is 28.8 Å². The molecule has 2 aliphatic rings. The molecule has 1 aliphatic heterocycles. The summed E-state index contributed by atoms with van der Waals surface area (Å²) in [6.45, 7) is 3.57. The van der Waals surface area contributed by atoms with Crippen LogP contribution in [0.4, 0.5) is 0 Å². The second-order valence-corrected chi connectivity index (χ2v) is 11.3. The van der Waals surface area contributed by atoms with Crippen LogP contribution in [0.5, 0.6) is 0 Å². The van der Waals surface area contributed by atoms with E-state index < -0.39 is 27.2 Å². The van der Waals surface area contributed by atoms with E-state index in [2.05, 4.69) is 15.9 Å². The minimum atomic E-state index is -3.93. The fraction of sp³-hybridized carbons (Fsp3) is 0.619. The summed E-state index contributed by atoms with van der Waals surface area (Å²) in [5, 5.41) is 0. The molecule has 0 N–H and O–H groups in total. The van der Waals surface area contributed by atoms with Crippen molar-refractivity contribution in [3.63, 3.8) is 0 Å². The summed E-state index contributed by atoms with van der Waals surface area (Å²) in [6, 6.07) is 6.46. The molecule has 2 unspecified atom stereocenters. The maximum Gasteiger partial charge on any atom is 0.328 e. The molecule has 2 atom stereocenters. The number of carbonyl (C=O) groups is 2. The first-order chi connectivity index (χ1) is 13.7. The van der Waals surface area contributed by atoms with Crippen molar-refractivity contribution >= 4 is 37.6 Å². The van der Waals surface area contributed by atoms with Crippen molar-refractivity contribution in [2.24, 2.45) is 0 Å². The minimum Gasteiger partial charge on any atom is -0.454 e. The molecule has 1 heterocycles. The molecule has 1 aromatic carbocycles. The largest absolute Gasteiger partial charge is 0.454 e. The molecule has 0 spiro atoms. The van der Waals surface area contributed by atoms with Crippen molar-refractivity contribution in [1.82, 2.24) is 4.90 Å². The maximum absolute atomic E-state index is 13.3. The van der Waals surface area contributed by atoms with Gasteiger partial charge in [-0.2, -0.15) is 0 Å². The molecule has 1 aromatic rings. The third-order valence-corrected chi connectivity index (χ3v) is 9.25. The van der Waals surface area contributed by atoms with E-state index in [1.807, 2.05) is 13.8 Å². The first-order valence-electron chi connectivity index (χ1n) is 10.2. The smallest absolute Gasteiger partial charge is 0.328 e. The number of ether oxygens (including phenoxy) is 1. The van der Waals surface area contributed by atoms with E-state index >= 15 is 0 Å². The van der Waals surface area contributed by atoms with E-state index in [0.29, 0.717) is 12.8 Å². The summed E-state index contributed by atoms with van der Waals surface area (Å²) in [6.07, 6.45) is 4.63. The summed E-state index contributed by atoms with van der Waals surface area (Å²) in [5.41, 5.74) is 0. The first kappa shape index (κ1) is 22.3. The monoisotopic (exact) mass is 485 g/mol. The Hall–Kier alpha value is -1.41. The van der Waals surface area contributed by atoms with Crippen molar-refractivity contribution in [2.45, 2.75) is 80.5 Å². The fourth-order valence-corrected chi connectivity index (χ4v) is 6.93. The molecule has 1 amide bonds. The van der Waals surface area contributed by atoms with Gasteiger partial charge in [0.25, 0.3) is 5.91 Å². The quantitative estimate of drug-likeness (QED) is 0.591. The van der Waals surface area contributed by atoms with Gasteiger partial charge >= 0.3 is 5.97 Å². The first-order valence-corrected chi connectivity index (χ1v) is 12.5. The lowest BCUT2D eigenvalue weighted by atomic mass is 9.97. The van der Waals surface area contributed by atoms with Crippen molar-refractivity contribution in [3.8, 4) is 0 Å². The van der Waals surface area contributed by atoms with Crippen molar-refractivity contribution in [3.05, 3.63) is 28.7 Å². The van der Waals surface area contributed by atoms with Crippen LogP contribution in [0.15, 0.2) is 33.6 Å². The summed E-state index contributed by atoms with van der Waals surface area (Å²) in [7, 11) is -3.93. The lowest BCUT2D eigenvalue weighted by molar-refractivity contribution is -0.156. The Morgan fingerprint density at radius 1 is 1.07 bits per heavy atom. The standard InChI is InChI=1S/C21H28BrNO5S/c1-15-6-5-7-16(2)23(15)19(24)14-28-20(25)21(12-3-4-13-21)29(26,27)18-10-8-17(22)9-11-18/h8-11,15-16H,3-7,12-14H2,1-2H3. The Balaban J connectivity index is 1.77. The van der Waals surface area contributed by atoms with Crippen LogP contribution < -0.4 is 0 Å². The Labute approximate surface area is 181 Å². The van der Waals surface area contributed by atoms with Gasteiger partial charge in [-0.25, -0.2) is 8.42 Å². The van der Waals surface area contributed by atoms with Gasteiger partial charge in [0, 0.05) is 16.6 Å². The third kappa shape index (κ3) is 4.24. The van der Waals surface area contributed by atoms with Gasteiger partial charge in [0.2, 0.25) is 0 Å². The van der Waals surface area contributed by atoms with Crippen LogP contribution >= 0.6 is 15.9 Å². The van der Waals surface area contributed by atoms with Crippen LogP contribution in [0, 0.1) is 0 Å². The molecule has 160 valence electrons. The van der Waals surface area contributed by atoms with Gasteiger partial charge in [0.15, 0.2) is 21.2 Å². The average Bonchev–Trinajstić information content (AvgIpc) is 3.18. The summed E-state index contributed by atoms with van der Waals surface area (Å²) >= 11 is 3.30. The highest BCUT2D eigenvalue weighted by molar-refractivity contribution is 9.10. The van der Waals surface area contributed by atoms with Gasteiger partial charge in [0.05, 0.1) is 4.90 Å². The zero-order chi connectivity index (χ0) is 21.2. The molecule has 8 heteroatoms. The van der Waals surface area contributed by atoms with Crippen molar-refractivity contribution < 1.29 is 22.7 Å². The number of nitrogens with zero attached hydrogens (tertiary/aromatic N) is 1. The topological polar surface area (TPSA) is 80.8 Å². The number of likely N-dealkylation sites (tertiary alicyclic amines) is 1. The van der Waals surface area contributed by atoms with E-state index in [1.165, 1.54) is 12.1 Å². The van der Waals surface area contributed by atoms with Crippen LogP contribution in [-0.2, 0) is 24.2 Å². The van der Waals surface area contributed by atoms with Gasteiger partial charge in [0.1, 0.15) is 0 Å². The summed E-state index contributed by atoms with van der Waals surface area (Å²) in [4.78, 5) is 27.6. The zero-order valence-electron chi connectivity index (χ0n) is 16.9. The van der Waals surface area contributed by atoms with Crippen molar-refractivity contribution in [2.75, 3.05) is 6.61 Å². The van der Waals surface area contributed by atoms with Crippen LogP contribution in [-0.4, -0.2) is 48.6 Å². The van der Waals surface area contributed by atoms with Gasteiger partial charge in [-0.05, 0) is 70.2 Å². The normalized spacial score (nSPS) is 24.3. The lowest BCUT2D eigenvalue weighted by Gasteiger charge is -2.39. The summed E-state index contributed by atoms with van der Waals surface area (Å²) in [5.74, 6) is -1.06. The zero-order valence-corrected chi connectivity index (χ0v) is 19.3. The molecule has 1 aliphatic carbocycles. The van der Waals surface area contributed by atoms with Crippen LogP contribution in [0.25, 0.3) is 0 Å². The minimum absolute atomic E-state index is 0.0943. The van der Waals surface area contributed by atoms with Crippen LogP contribution in [0.1, 0.15) is 58.8 Å². The second kappa shape index (κ2) is 8.76. The molecule has 6 nitrogen and oxygen atoms in total. The van der Waals surface area contributed by atoms with E-state index in [1.54, 1.807) is 17.0 Å². The number of hydrogen-bond acceptors (Lipinski definition) is 5. The second-order valence-electron chi connectivity index (χ2n) is 8.16. The molecule has 0 bridgehead atoms. The molecule has 1 saturated carbocycles. The molecule has 0 radical (unpaired) electrons. The number of rotatable bonds is 5. The van der Waals surface area contributed by atoms with Gasteiger partial charge in [-0.3, -0.25) is 9.59 Å². The third-order valence-electron chi connectivity index (χ3n) is 6.23. The number of piperidine rings is 1.